The molecule has 0 radical (unpaired) electrons. The standard InChI is InChI=1S/C21H19ClN2O4/c1-24-10-9-23-20(24)13-28-16-6-4-15(5-7-16)18(25)8-3-14-11-17(22)21(26)19(12-14)27-2/h3-12,26H,13H2,1-2H3/b8-3+. The van der Waals surface area contributed by atoms with Gasteiger partial charge in [0.05, 0.1) is 12.1 Å². The lowest BCUT2D eigenvalue weighted by Crippen LogP contribution is -2.03. The maximum absolute atomic E-state index is 12.4. The molecule has 0 saturated heterocycles. The third kappa shape index (κ3) is 4.53. The number of aromatic nitrogens is 2. The molecule has 0 atom stereocenters. The number of ether oxygens (including phenoxy) is 2. The Hall–Kier alpha value is -3.25. The Morgan fingerprint density at radius 2 is 2.04 bits per heavy atom. The first-order valence-electron chi connectivity index (χ1n) is 8.46. The van der Waals surface area contributed by atoms with E-state index in [1.54, 1.807) is 48.7 Å². The summed E-state index contributed by atoms with van der Waals surface area (Å²) in [4.78, 5) is 16.6. The number of carbonyl (C=O) groups is 1. The van der Waals surface area contributed by atoms with Crippen molar-refractivity contribution in [3.63, 3.8) is 0 Å². The van der Waals surface area contributed by atoms with Crippen LogP contribution in [0.4, 0.5) is 0 Å². The van der Waals surface area contributed by atoms with Crippen LogP contribution in [0.1, 0.15) is 21.7 Å². The van der Waals surface area contributed by atoms with Gasteiger partial charge in [0, 0.05) is 25.0 Å². The number of phenols is 1. The molecule has 1 N–H and O–H groups in total. The zero-order valence-electron chi connectivity index (χ0n) is 15.4. The number of imidazole rings is 1. The van der Waals surface area contributed by atoms with E-state index in [1.165, 1.54) is 13.2 Å². The molecule has 0 fully saturated rings. The molecule has 28 heavy (non-hydrogen) atoms. The zero-order chi connectivity index (χ0) is 20.1. The first kappa shape index (κ1) is 19.5. The molecule has 1 aromatic heterocycles. The fourth-order valence-electron chi connectivity index (χ4n) is 2.51. The van der Waals surface area contributed by atoms with E-state index in [9.17, 15) is 9.90 Å². The first-order chi connectivity index (χ1) is 13.5. The Morgan fingerprint density at radius 3 is 2.68 bits per heavy atom. The van der Waals surface area contributed by atoms with Crippen molar-refractivity contribution in [1.82, 2.24) is 9.55 Å². The van der Waals surface area contributed by atoms with Gasteiger partial charge in [0.2, 0.25) is 0 Å². The summed E-state index contributed by atoms with van der Waals surface area (Å²) >= 11 is 5.96. The number of aryl methyl sites for hydroxylation is 1. The van der Waals surface area contributed by atoms with E-state index in [0.29, 0.717) is 23.5 Å². The van der Waals surface area contributed by atoms with E-state index in [2.05, 4.69) is 4.98 Å². The molecular weight excluding hydrogens is 380 g/mol. The maximum Gasteiger partial charge on any atom is 0.185 e. The van der Waals surface area contributed by atoms with Crippen LogP contribution in [-0.4, -0.2) is 27.6 Å². The number of carbonyl (C=O) groups excluding carboxylic acids is 1. The molecule has 0 unspecified atom stereocenters. The van der Waals surface area contributed by atoms with Crippen LogP contribution in [0.2, 0.25) is 5.02 Å². The Morgan fingerprint density at radius 1 is 1.29 bits per heavy atom. The van der Waals surface area contributed by atoms with Crippen LogP contribution < -0.4 is 9.47 Å². The number of hydrogen-bond donors (Lipinski definition) is 1. The number of hydrogen-bond acceptors (Lipinski definition) is 5. The van der Waals surface area contributed by atoms with Crippen LogP contribution in [0, 0.1) is 0 Å². The van der Waals surface area contributed by atoms with Gasteiger partial charge in [-0.1, -0.05) is 17.7 Å². The normalized spacial score (nSPS) is 11.0. The number of aromatic hydroxyl groups is 1. The molecule has 6 nitrogen and oxygen atoms in total. The van der Waals surface area contributed by atoms with Crippen molar-refractivity contribution >= 4 is 23.5 Å². The molecule has 2 aromatic carbocycles. The Bertz CT molecular complexity index is 1010. The smallest absolute Gasteiger partial charge is 0.185 e. The summed E-state index contributed by atoms with van der Waals surface area (Å²) in [5, 5.41) is 9.91. The topological polar surface area (TPSA) is 73.6 Å². The fourth-order valence-corrected chi connectivity index (χ4v) is 2.73. The van der Waals surface area contributed by atoms with Crippen molar-refractivity contribution in [3.05, 3.63) is 76.8 Å². The van der Waals surface area contributed by atoms with E-state index < -0.39 is 0 Å². The Kier molecular flexibility index (Phi) is 6.01. The average molecular weight is 399 g/mol. The lowest BCUT2D eigenvalue weighted by atomic mass is 10.1. The van der Waals surface area contributed by atoms with Gasteiger partial charge in [0.25, 0.3) is 0 Å². The third-order valence-electron chi connectivity index (χ3n) is 4.13. The summed E-state index contributed by atoms with van der Waals surface area (Å²) in [7, 11) is 3.33. The summed E-state index contributed by atoms with van der Waals surface area (Å²) in [5.74, 6) is 1.41. The van der Waals surface area contributed by atoms with Gasteiger partial charge in [-0.05, 0) is 48.0 Å². The molecule has 3 aromatic rings. The number of allylic oxidation sites excluding steroid dienone is 1. The largest absolute Gasteiger partial charge is 0.503 e. The quantitative estimate of drug-likeness (QED) is 0.475. The number of rotatable bonds is 7. The van der Waals surface area contributed by atoms with Crippen LogP contribution in [0.15, 0.2) is 54.9 Å². The van der Waals surface area contributed by atoms with Gasteiger partial charge in [-0.3, -0.25) is 4.79 Å². The highest BCUT2D eigenvalue weighted by Crippen LogP contribution is 2.35. The van der Waals surface area contributed by atoms with Crippen LogP contribution in [0.5, 0.6) is 17.2 Å². The molecule has 3 rings (SSSR count). The SMILES string of the molecule is COc1cc(/C=C/C(=O)c2ccc(OCc3nccn3C)cc2)cc(Cl)c1O. The second-order valence-electron chi connectivity index (χ2n) is 6.02. The van der Waals surface area contributed by atoms with Crippen molar-refractivity contribution in [1.29, 1.82) is 0 Å². The summed E-state index contributed by atoms with van der Waals surface area (Å²) in [5.41, 5.74) is 1.17. The fraction of sp³-hybridized carbons (Fsp3) is 0.143. The first-order valence-corrected chi connectivity index (χ1v) is 8.83. The van der Waals surface area contributed by atoms with Crippen LogP contribution >= 0.6 is 11.6 Å². The van der Waals surface area contributed by atoms with Crippen LogP contribution in [0.3, 0.4) is 0 Å². The lowest BCUT2D eigenvalue weighted by molar-refractivity contribution is 0.104. The summed E-state index contributed by atoms with van der Waals surface area (Å²) in [6.07, 6.45) is 6.61. The number of nitrogens with zero attached hydrogens (tertiary/aromatic N) is 2. The number of benzene rings is 2. The maximum atomic E-state index is 12.4. The minimum absolute atomic E-state index is 0.131. The van der Waals surface area contributed by atoms with Gasteiger partial charge in [0.15, 0.2) is 17.3 Å². The number of phenolic OH excluding ortho intramolecular Hbond substituents is 1. The highest BCUT2D eigenvalue weighted by molar-refractivity contribution is 6.32. The second-order valence-corrected chi connectivity index (χ2v) is 6.43. The molecular formula is C21H19ClN2O4. The number of methoxy groups -OCH3 is 1. The molecule has 0 aliphatic heterocycles. The number of halogens is 1. The molecule has 0 aliphatic rings. The predicted octanol–water partition coefficient (Wildman–Crippen LogP) is 4.26. The second kappa shape index (κ2) is 8.63. The highest BCUT2D eigenvalue weighted by Gasteiger charge is 2.08. The van der Waals surface area contributed by atoms with Crippen LogP contribution in [0.25, 0.3) is 6.08 Å². The Labute approximate surface area is 167 Å². The Balaban J connectivity index is 1.65. The lowest BCUT2D eigenvalue weighted by Gasteiger charge is -2.07. The predicted molar refractivity (Wildman–Crippen MR) is 107 cm³/mol. The summed E-state index contributed by atoms with van der Waals surface area (Å²) < 4.78 is 12.6. The van der Waals surface area contributed by atoms with Crippen molar-refractivity contribution in [2.75, 3.05) is 7.11 Å². The van der Waals surface area contributed by atoms with Crippen molar-refractivity contribution in [2.24, 2.45) is 7.05 Å². The van der Waals surface area contributed by atoms with E-state index in [-0.39, 0.29) is 22.3 Å². The van der Waals surface area contributed by atoms with E-state index in [1.807, 2.05) is 17.8 Å². The van der Waals surface area contributed by atoms with Crippen LogP contribution in [-0.2, 0) is 13.7 Å². The van der Waals surface area contributed by atoms with Gasteiger partial charge in [0.1, 0.15) is 18.2 Å². The summed E-state index contributed by atoms with van der Waals surface area (Å²) in [6.45, 7) is 0.347. The molecule has 0 bridgehead atoms. The molecule has 0 saturated carbocycles. The zero-order valence-corrected chi connectivity index (χ0v) is 16.2. The van der Waals surface area contributed by atoms with Gasteiger partial charge in [-0.2, -0.15) is 0 Å². The van der Waals surface area contributed by atoms with Gasteiger partial charge in [-0.15, -0.1) is 0 Å². The minimum atomic E-state index is -0.168. The molecule has 0 aliphatic carbocycles. The van der Waals surface area contributed by atoms with E-state index in [4.69, 9.17) is 21.1 Å². The summed E-state index contributed by atoms with van der Waals surface area (Å²) in [6, 6.07) is 10.0. The monoisotopic (exact) mass is 398 g/mol. The van der Waals surface area contributed by atoms with E-state index >= 15 is 0 Å². The minimum Gasteiger partial charge on any atom is -0.503 e. The molecule has 0 amide bonds. The van der Waals surface area contributed by atoms with Gasteiger partial charge in [-0.25, -0.2) is 4.98 Å². The molecule has 144 valence electrons. The average Bonchev–Trinajstić information content (AvgIpc) is 3.12. The number of ketones is 1. The van der Waals surface area contributed by atoms with Crippen molar-refractivity contribution in [2.45, 2.75) is 6.61 Å². The van der Waals surface area contributed by atoms with Gasteiger partial charge >= 0.3 is 0 Å². The van der Waals surface area contributed by atoms with E-state index in [0.717, 1.165) is 5.82 Å². The highest BCUT2D eigenvalue weighted by atomic mass is 35.5. The van der Waals surface area contributed by atoms with Crippen molar-refractivity contribution < 1.29 is 19.4 Å². The van der Waals surface area contributed by atoms with Gasteiger partial charge < -0.3 is 19.1 Å². The molecule has 7 heteroatoms. The molecule has 1 heterocycles. The molecule has 0 spiro atoms. The third-order valence-corrected chi connectivity index (χ3v) is 4.41. The van der Waals surface area contributed by atoms with Crippen molar-refractivity contribution in [3.8, 4) is 17.2 Å².